The second-order valence-corrected chi connectivity index (χ2v) is 6.36. The van der Waals surface area contributed by atoms with Gasteiger partial charge in [0.1, 0.15) is 5.82 Å². The van der Waals surface area contributed by atoms with E-state index in [4.69, 9.17) is 0 Å². The van der Waals surface area contributed by atoms with Crippen LogP contribution in [0.25, 0.3) is 11.4 Å². The Morgan fingerprint density at radius 1 is 1.35 bits per heavy atom. The Balaban J connectivity index is 1.47. The van der Waals surface area contributed by atoms with Crippen LogP contribution in [0.4, 0.5) is 0 Å². The van der Waals surface area contributed by atoms with Crippen LogP contribution in [0, 0.1) is 0 Å². The van der Waals surface area contributed by atoms with E-state index >= 15 is 0 Å². The van der Waals surface area contributed by atoms with Crippen molar-refractivity contribution in [1.29, 1.82) is 0 Å². The van der Waals surface area contributed by atoms with E-state index < -0.39 is 0 Å². The van der Waals surface area contributed by atoms with Gasteiger partial charge in [-0.25, -0.2) is 4.98 Å². The third kappa shape index (κ3) is 3.13. The molecule has 8 heteroatoms. The van der Waals surface area contributed by atoms with Gasteiger partial charge in [0.25, 0.3) is 5.56 Å². The summed E-state index contributed by atoms with van der Waals surface area (Å²) in [5.41, 5.74) is 2.82. The SMILES string of the molecule is Cn1cc2c(cc1=O)CCN(C(=O)Cc1nc(-c3cccnc3)n[nH]1)C2. The maximum atomic E-state index is 12.6. The molecule has 0 bridgehead atoms. The summed E-state index contributed by atoms with van der Waals surface area (Å²) in [5, 5.41) is 6.99. The van der Waals surface area contributed by atoms with Crippen LogP contribution in [0.3, 0.4) is 0 Å². The molecule has 1 aliphatic heterocycles. The topological polar surface area (TPSA) is 96.8 Å². The van der Waals surface area contributed by atoms with Crippen LogP contribution < -0.4 is 5.56 Å². The van der Waals surface area contributed by atoms with Crippen molar-refractivity contribution in [2.75, 3.05) is 6.54 Å². The third-order valence-corrected chi connectivity index (χ3v) is 4.54. The molecule has 1 aliphatic rings. The molecule has 0 unspecified atom stereocenters. The average molecular weight is 350 g/mol. The highest BCUT2D eigenvalue weighted by atomic mass is 16.2. The fourth-order valence-corrected chi connectivity index (χ4v) is 3.11. The van der Waals surface area contributed by atoms with E-state index in [-0.39, 0.29) is 17.9 Å². The first-order valence-corrected chi connectivity index (χ1v) is 8.38. The predicted octanol–water partition coefficient (Wildman–Crippen LogP) is 0.693. The minimum Gasteiger partial charge on any atom is -0.338 e. The molecular formula is C18H18N6O2. The molecule has 3 aromatic rings. The van der Waals surface area contributed by atoms with Crippen molar-refractivity contribution < 1.29 is 4.79 Å². The van der Waals surface area contributed by atoms with Crippen LogP contribution in [0.5, 0.6) is 0 Å². The van der Waals surface area contributed by atoms with Gasteiger partial charge in [0.15, 0.2) is 5.82 Å². The van der Waals surface area contributed by atoms with Gasteiger partial charge < -0.3 is 9.47 Å². The van der Waals surface area contributed by atoms with Gasteiger partial charge in [-0.2, -0.15) is 5.10 Å². The number of nitrogens with one attached hydrogen (secondary N) is 1. The molecular weight excluding hydrogens is 332 g/mol. The van der Waals surface area contributed by atoms with E-state index in [9.17, 15) is 9.59 Å². The van der Waals surface area contributed by atoms with Gasteiger partial charge in [0, 0.05) is 50.4 Å². The Morgan fingerprint density at radius 2 is 2.23 bits per heavy atom. The summed E-state index contributed by atoms with van der Waals surface area (Å²) in [6, 6.07) is 5.34. The minimum absolute atomic E-state index is 0.0154. The molecule has 0 atom stereocenters. The molecule has 0 saturated heterocycles. The Morgan fingerprint density at radius 3 is 3.04 bits per heavy atom. The van der Waals surface area contributed by atoms with E-state index in [2.05, 4.69) is 20.2 Å². The molecule has 0 fully saturated rings. The number of carbonyl (C=O) groups excluding carboxylic acids is 1. The lowest BCUT2D eigenvalue weighted by Crippen LogP contribution is -2.38. The second-order valence-electron chi connectivity index (χ2n) is 6.36. The van der Waals surface area contributed by atoms with Crippen molar-refractivity contribution in [3.63, 3.8) is 0 Å². The van der Waals surface area contributed by atoms with E-state index in [0.717, 1.165) is 16.7 Å². The Labute approximate surface area is 149 Å². The van der Waals surface area contributed by atoms with Gasteiger partial charge in [-0.1, -0.05) is 0 Å². The van der Waals surface area contributed by atoms with E-state index in [1.54, 1.807) is 35.0 Å². The number of pyridine rings is 2. The largest absolute Gasteiger partial charge is 0.338 e. The molecule has 0 aliphatic carbocycles. The van der Waals surface area contributed by atoms with Gasteiger partial charge in [-0.3, -0.25) is 19.7 Å². The number of amides is 1. The lowest BCUT2D eigenvalue weighted by Gasteiger charge is -2.28. The van der Waals surface area contributed by atoms with Crippen molar-refractivity contribution in [2.24, 2.45) is 7.05 Å². The summed E-state index contributed by atoms with van der Waals surface area (Å²) in [7, 11) is 1.72. The summed E-state index contributed by atoms with van der Waals surface area (Å²) in [6.07, 6.45) is 6.03. The Hall–Kier alpha value is -3.29. The van der Waals surface area contributed by atoms with Gasteiger partial charge in [0.2, 0.25) is 5.91 Å². The summed E-state index contributed by atoms with van der Waals surface area (Å²) >= 11 is 0. The normalized spacial score (nSPS) is 13.5. The highest BCUT2D eigenvalue weighted by molar-refractivity contribution is 5.78. The number of aromatic nitrogens is 5. The number of hydrogen-bond acceptors (Lipinski definition) is 5. The number of fused-ring (bicyclic) bond motifs is 1. The minimum atomic E-state index is -0.0203. The summed E-state index contributed by atoms with van der Waals surface area (Å²) in [6.45, 7) is 1.11. The lowest BCUT2D eigenvalue weighted by molar-refractivity contribution is -0.131. The first-order chi connectivity index (χ1) is 12.6. The zero-order valence-electron chi connectivity index (χ0n) is 14.3. The van der Waals surface area contributed by atoms with Crippen molar-refractivity contribution >= 4 is 5.91 Å². The highest BCUT2D eigenvalue weighted by Crippen LogP contribution is 2.18. The predicted molar refractivity (Wildman–Crippen MR) is 94.1 cm³/mol. The molecule has 26 heavy (non-hydrogen) atoms. The van der Waals surface area contributed by atoms with E-state index in [1.807, 2.05) is 18.3 Å². The summed E-state index contributed by atoms with van der Waals surface area (Å²) < 4.78 is 1.55. The van der Waals surface area contributed by atoms with Crippen molar-refractivity contribution in [3.8, 4) is 11.4 Å². The fraction of sp³-hybridized carbons (Fsp3) is 0.278. The highest BCUT2D eigenvalue weighted by Gasteiger charge is 2.22. The number of nitrogens with zero attached hydrogens (tertiary/aromatic N) is 5. The first kappa shape index (κ1) is 16.2. The van der Waals surface area contributed by atoms with Crippen LogP contribution >= 0.6 is 0 Å². The second kappa shape index (κ2) is 6.55. The van der Waals surface area contributed by atoms with Gasteiger partial charge >= 0.3 is 0 Å². The van der Waals surface area contributed by atoms with Gasteiger partial charge in [-0.05, 0) is 29.7 Å². The summed E-state index contributed by atoms with van der Waals surface area (Å²) in [5.74, 6) is 1.04. The van der Waals surface area contributed by atoms with Crippen LogP contribution in [0.2, 0.25) is 0 Å². The molecule has 0 saturated carbocycles. The maximum absolute atomic E-state index is 12.6. The van der Waals surface area contributed by atoms with Crippen molar-refractivity contribution in [2.45, 2.75) is 19.4 Å². The smallest absolute Gasteiger partial charge is 0.250 e. The summed E-state index contributed by atoms with van der Waals surface area (Å²) in [4.78, 5) is 34.6. The number of rotatable bonds is 3. The quantitative estimate of drug-likeness (QED) is 0.750. The van der Waals surface area contributed by atoms with Crippen LogP contribution in [-0.4, -0.2) is 42.1 Å². The molecule has 0 aromatic carbocycles. The van der Waals surface area contributed by atoms with Gasteiger partial charge in [0.05, 0.1) is 6.42 Å². The molecule has 1 N–H and O–H groups in total. The van der Waals surface area contributed by atoms with Crippen molar-refractivity contribution in [1.82, 2.24) is 29.6 Å². The Bertz CT molecular complexity index is 1010. The number of H-pyrrole nitrogens is 1. The van der Waals surface area contributed by atoms with Crippen LogP contribution in [0.1, 0.15) is 17.0 Å². The third-order valence-electron chi connectivity index (χ3n) is 4.54. The monoisotopic (exact) mass is 350 g/mol. The average Bonchev–Trinajstić information content (AvgIpc) is 3.11. The molecule has 0 spiro atoms. The lowest BCUT2D eigenvalue weighted by atomic mass is 10.0. The van der Waals surface area contributed by atoms with Gasteiger partial charge in [-0.15, -0.1) is 0 Å². The standard InChI is InChI=1S/C18H18N6O2/c1-23-10-14-11-24(6-4-12(14)7-16(23)25)17(26)8-15-20-18(22-21-15)13-3-2-5-19-9-13/h2-3,5,7,9-10H,4,6,8,11H2,1H3,(H,20,21,22). The van der Waals surface area contributed by atoms with Crippen molar-refractivity contribution in [3.05, 3.63) is 64.1 Å². The van der Waals surface area contributed by atoms with E-state index in [1.165, 1.54) is 0 Å². The molecule has 0 radical (unpaired) electrons. The Kier molecular flexibility index (Phi) is 4.08. The van der Waals surface area contributed by atoms with Crippen LogP contribution in [-0.2, 0) is 31.2 Å². The first-order valence-electron chi connectivity index (χ1n) is 8.38. The zero-order chi connectivity index (χ0) is 18.1. The number of carbonyl (C=O) groups is 1. The number of aromatic amines is 1. The number of aryl methyl sites for hydroxylation is 1. The maximum Gasteiger partial charge on any atom is 0.250 e. The fourth-order valence-electron chi connectivity index (χ4n) is 3.11. The molecule has 1 amide bonds. The molecule has 132 valence electrons. The number of hydrogen-bond donors (Lipinski definition) is 1. The van der Waals surface area contributed by atoms with Crippen LogP contribution in [0.15, 0.2) is 41.6 Å². The molecule has 4 heterocycles. The molecule has 3 aromatic heterocycles. The zero-order valence-corrected chi connectivity index (χ0v) is 14.3. The van der Waals surface area contributed by atoms with E-state index in [0.29, 0.717) is 31.2 Å². The molecule has 4 rings (SSSR count). The molecule has 8 nitrogen and oxygen atoms in total.